The van der Waals surface area contributed by atoms with Gasteiger partial charge in [-0.2, -0.15) is 0 Å². The molecule has 1 amide bonds. The van der Waals surface area contributed by atoms with Gasteiger partial charge in [-0.15, -0.1) is 0 Å². The van der Waals surface area contributed by atoms with Crippen LogP contribution in [0.25, 0.3) is 5.82 Å². The summed E-state index contributed by atoms with van der Waals surface area (Å²) in [6.07, 6.45) is 10.4. The van der Waals surface area contributed by atoms with Crippen molar-refractivity contribution in [2.45, 2.75) is 26.2 Å². The number of nitrogens with zero attached hydrogens (tertiary/aromatic N) is 4. The molecule has 0 bridgehead atoms. The number of imidazole rings is 1. The van der Waals surface area contributed by atoms with Crippen molar-refractivity contribution in [3.63, 3.8) is 0 Å². The number of rotatable bonds is 6. The first-order valence-electron chi connectivity index (χ1n) is 8.67. The van der Waals surface area contributed by atoms with E-state index in [0.29, 0.717) is 17.9 Å². The quantitative estimate of drug-likeness (QED) is 0.826. The lowest BCUT2D eigenvalue weighted by Gasteiger charge is -2.30. The van der Waals surface area contributed by atoms with Crippen LogP contribution >= 0.6 is 0 Å². The number of carbonyl (C=O) groups excluding carboxylic acids is 1. The summed E-state index contributed by atoms with van der Waals surface area (Å²) in [5.74, 6) is 1.44. The summed E-state index contributed by atoms with van der Waals surface area (Å²) in [4.78, 5) is 23.1. The van der Waals surface area contributed by atoms with Gasteiger partial charge in [-0.05, 0) is 50.4 Å². The van der Waals surface area contributed by atoms with Gasteiger partial charge in [0, 0.05) is 37.2 Å². The Morgan fingerprint density at radius 1 is 1.42 bits per heavy atom. The van der Waals surface area contributed by atoms with Crippen LogP contribution in [-0.2, 0) is 0 Å². The number of hydrogen-bond donors (Lipinski definition) is 1. The number of carbonyl (C=O) groups is 1. The Morgan fingerprint density at radius 3 is 3.12 bits per heavy atom. The predicted octanol–water partition coefficient (Wildman–Crippen LogP) is 2.12. The molecule has 6 nitrogen and oxygen atoms in total. The molecule has 24 heavy (non-hydrogen) atoms. The summed E-state index contributed by atoms with van der Waals surface area (Å²) in [5.41, 5.74) is 0.625. The largest absolute Gasteiger partial charge is 0.352 e. The lowest BCUT2D eigenvalue weighted by atomic mass is 10.0. The van der Waals surface area contributed by atoms with E-state index in [1.165, 1.54) is 25.9 Å². The maximum absolute atomic E-state index is 12.3. The Balaban J connectivity index is 1.46. The van der Waals surface area contributed by atoms with Crippen LogP contribution in [0.3, 0.4) is 0 Å². The average molecular weight is 327 g/mol. The maximum Gasteiger partial charge on any atom is 0.251 e. The van der Waals surface area contributed by atoms with Crippen molar-refractivity contribution >= 4 is 5.91 Å². The third kappa shape index (κ3) is 4.41. The van der Waals surface area contributed by atoms with Gasteiger partial charge in [-0.3, -0.25) is 9.36 Å². The predicted molar refractivity (Wildman–Crippen MR) is 93.1 cm³/mol. The molecule has 3 rings (SSSR count). The van der Waals surface area contributed by atoms with Gasteiger partial charge in [0.25, 0.3) is 5.91 Å². The molecular weight excluding hydrogens is 302 g/mol. The van der Waals surface area contributed by atoms with Crippen LogP contribution in [0, 0.1) is 5.92 Å². The SMILES string of the molecule is CC1CCCN(CCCNC(=O)c2ccnc(-n3ccnc3)c2)C1. The molecule has 128 valence electrons. The summed E-state index contributed by atoms with van der Waals surface area (Å²) in [6.45, 7) is 6.45. The van der Waals surface area contributed by atoms with Crippen LogP contribution in [0.2, 0.25) is 0 Å². The fraction of sp³-hybridized carbons (Fsp3) is 0.500. The molecular formula is C18H25N5O. The number of amides is 1. The Hall–Kier alpha value is -2.21. The lowest BCUT2D eigenvalue weighted by Crippen LogP contribution is -2.36. The first-order chi connectivity index (χ1) is 11.7. The van der Waals surface area contributed by atoms with E-state index < -0.39 is 0 Å². The van der Waals surface area contributed by atoms with Crippen LogP contribution < -0.4 is 5.32 Å². The number of likely N-dealkylation sites (tertiary alicyclic amines) is 1. The van der Waals surface area contributed by atoms with Crippen molar-refractivity contribution in [3.05, 3.63) is 42.6 Å². The van der Waals surface area contributed by atoms with Crippen molar-refractivity contribution in [2.24, 2.45) is 5.92 Å². The highest BCUT2D eigenvalue weighted by atomic mass is 16.1. The van der Waals surface area contributed by atoms with Gasteiger partial charge in [0.2, 0.25) is 0 Å². The minimum absolute atomic E-state index is 0.0502. The third-order valence-electron chi connectivity index (χ3n) is 4.45. The molecule has 0 saturated carbocycles. The van der Waals surface area contributed by atoms with E-state index in [4.69, 9.17) is 0 Å². The minimum atomic E-state index is -0.0502. The van der Waals surface area contributed by atoms with E-state index in [-0.39, 0.29) is 5.91 Å². The second-order valence-electron chi connectivity index (χ2n) is 6.53. The first-order valence-corrected chi connectivity index (χ1v) is 8.67. The summed E-state index contributed by atoms with van der Waals surface area (Å²) in [5, 5.41) is 3.00. The van der Waals surface area contributed by atoms with Crippen molar-refractivity contribution in [3.8, 4) is 5.82 Å². The molecule has 0 aliphatic carbocycles. The van der Waals surface area contributed by atoms with Gasteiger partial charge in [0.15, 0.2) is 0 Å². The molecule has 0 aromatic carbocycles. The van der Waals surface area contributed by atoms with Crippen LogP contribution in [0.1, 0.15) is 36.5 Å². The van der Waals surface area contributed by atoms with Crippen LogP contribution in [0.5, 0.6) is 0 Å². The maximum atomic E-state index is 12.3. The van der Waals surface area contributed by atoms with Crippen LogP contribution in [0.15, 0.2) is 37.1 Å². The zero-order chi connectivity index (χ0) is 16.8. The molecule has 1 aliphatic rings. The monoisotopic (exact) mass is 327 g/mol. The Labute approximate surface area is 142 Å². The smallest absolute Gasteiger partial charge is 0.251 e. The standard InChI is InChI=1S/C18H25N5O/c1-15-4-2-9-22(13-15)10-3-6-21-18(24)16-5-7-20-17(12-16)23-11-8-19-14-23/h5,7-8,11-12,14-15H,2-4,6,9-10,13H2,1H3,(H,21,24). The number of pyridine rings is 1. The van der Waals surface area contributed by atoms with Gasteiger partial charge in [-0.1, -0.05) is 6.92 Å². The summed E-state index contributed by atoms with van der Waals surface area (Å²) < 4.78 is 1.79. The van der Waals surface area contributed by atoms with Crippen LogP contribution in [0.4, 0.5) is 0 Å². The third-order valence-corrected chi connectivity index (χ3v) is 4.45. The van der Waals surface area contributed by atoms with E-state index in [1.807, 2.05) is 6.20 Å². The molecule has 2 aromatic heterocycles. The molecule has 0 radical (unpaired) electrons. The van der Waals surface area contributed by atoms with E-state index in [2.05, 4.69) is 27.1 Å². The number of piperidine rings is 1. The molecule has 1 aliphatic heterocycles. The summed E-state index contributed by atoms with van der Waals surface area (Å²) in [6, 6.07) is 3.52. The van der Waals surface area contributed by atoms with Gasteiger partial charge in [-0.25, -0.2) is 9.97 Å². The van der Waals surface area contributed by atoms with Gasteiger partial charge >= 0.3 is 0 Å². The minimum Gasteiger partial charge on any atom is -0.352 e. The lowest BCUT2D eigenvalue weighted by molar-refractivity contribution is 0.0950. The van der Waals surface area contributed by atoms with Gasteiger partial charge in [0.05, 0.1) is 0 Å². The topological polar surface area (TPSA) is 63.1 Å². The molecule has 1 saturated heterocycles. The Morgan fingerprint density at radius 2 is 2.33 bits per heavy atom. The molecule has 1 atom stereocenters. The average Bonchev–Trinajstić information content (AvgIpc) is 3.13. The zero-order valence-corrected chi connectivity index (χ0v) is 14.2. The highest BCUT2D eigenvalue weighted by molar-refractivity contribution is 5.94. The highest BCUT2D eigenvalue weighted by Crippen LogP contribution is 2.15. The molecule has 3 heterocycles. The van der Waals surface area contributed by atoms with Crippen LogP contribution in [-0.4, -0.2) is 51.5 Å². The number of hydrogen-bond acceptors (Lipinski definition) is 4. The fourth-order valence-electron chi connectivity index (χ4n) is 3.19. The second kappa shape index (κ2) is 8.06. The van der Waals surface area contributed by atoms with Crippen molar-refractivity contribution in [1.82, 2.24) is 24.8 Å². The normalized spacial score (nSPS) is 18.5. The first kappa shape index (κ1) is 16.6. The van der Waals surface area contributed by atoms with E-state index in [1.54, 1.807) is 35.4 Å². The van der Waals surface area contributed by atoms with E-state index in [9.17, 15) is 4.79 Å². The Bertz CT molecular complexity index is 655. The summed E-state index contributed by atoms with van der Waals surface area (Å²) in [7, 11) is 0. The van der Waals surface area contributed by atoms with Crippen molar-refractivity contribution in [2.75, 3.05) is 26.2 Å². The van der Waals surface area contributed by atoms with Crippen molar-refractivity contribution in [1.29, 1.82) is 0 Å². The van der Waals surface area contributed by atoms with E-state index >= 15 is 0 Å². The highest BCUT2D eigenvalue weighted by Gasteiger charge is 2.15. The molecule has 1 unspecified atom stereocenters. The summed E-state index contributed by atoms with van der Waals surface area (Å²) >= 11 is 0. The Kier molecular flexibility index (Phi) is 5.59. The molecule has 2 aromatic rings. The number of aromatic nitrogens is 3. The van der Waals surface area contributed by atoms with E-state index in [0.717, 1.165) is 18.9 Å². The molecule has 6 heteroatoms. The molecule has 1 fully saturated rings. The van der Waals surface area contributed by atoms with Crippen molar-refractivity contribution < 1.29 is 4.79 Å². The fourth-order valence-corrected chi connectivity index (χ4v) is 3.19. The second-order valence-corrected chi connectivity index (χ2v) is 6.53. The zero-order valence-electron chi connectivity index (χ0n) is 14.2. The molecule has 1 N–H and O–H groups in total. The number of nitrogens with one attached hydrogen (secondary N) is 1. The van der Waals surface area contributed by atoms with Gasteiger partial charge in [0.1, 0.15) is 12.1 Å². The van der Waals surface area contributed by atoms with Gasteiger partial charge < -0.3 is 10.2 Å². The molecule has 0 spiro atoms.